The molecule has 0 aromatic carbocycles. The lowest BCUT2D eigenvalue weighted by Crippen LogP contribution is -2.44. The van der Waals surface area contributed by atoms with Crippen LogP contribution in [0.5, 0.6) is 0 Å². The van der Waals surface area contributed by atoms with Gasteiger partial charge in [-0.15, -0.1) is 0 Å². The van der Waals surface area contributed by atoms with Crippen LogP contribution in [-0.2, 0) is 30.3 Å². The summed E-state index contributed by atoms with van der Waals surface area (Å²) < 4.78 is 26.0. The summed E-state index contributed by atoms with van der Waals surface area (Å²) in [4.78, 5) is 33.9. The van der Waals surface area contributed by atoms with Crippen LogP contribution in [-0.4, -0.2) is 54.4 Å². The van der Waals surface area contributed by atoms with E-state index in [2.05, 4.69) is 35.7 Å². The van der Waals surface area contributed by atoms with E-state index in [9.17, 15) is 9.69 Å². The Hall–Kier alpha value is -1.40. The summed E-state index contributed by atoms with van der Waals surface area (Å²) in [5.41, 5.74) is 3.98. The van der Waals surface area contributed by atoms with Gasteiger partial charge in [0.15, 0.2) is 17.4 Å². The van der Waals surface area contributed by atoms with Crippen molar-refractivity contribution in [3.63, 3.8) is 0 Å². The molecule has 2 aliphatic heterocycles. The number of hydrogen-bond acceptors (Lipinski definition) is 9. The van der Waals surface area contributed by atoms with Crippen LogP contribution in [0.3, 0.4) is 0 Å². The molecule has 2 aromatic rings. The molecule has 11 nitrogen and oxygen atoms in total. The molecule has 2 bridgehead atoms. The normalized spacial score (nSPS) is 30.2. The zero-order chi connectivity index (χ0) is 23.7. The molecule has 4 rings (SSSR count). The maximum Gasteiger partial charge on any atom is 0.325 e. The summed E-state index contributed by atoms with van der Waals surface area (Å²) in [5, 5.41) is 0. The molecule has 0 amide bonds. The van der Waals surface area contributed by atoms with Crippen LogP contribution in [0, 0.1) is 5.41 Å². The fraction of sp³-hybridized carbons (Fsp3) is 0.737. The van der Waals surface area contributed by atoms with Crippen molar-refractivity contribution in [1.82, 2.24) is 19.5 Å². The fourth-order valence-electron chi connectivity index (χ4n) is 4.45. The molecule has 5 atom stereocenters. The number of aromatic nitrogens is 4. The molecule has 178 valence electrons. The van der Waals surface area contributed by atoms with E-state index in [-0.39, 0.29) is 29.1 Å². The first-order chi connectivity index (χ1) is 14.6. The van der Waals surface area contributed by atoms with E-state index >= 15 is 0 Å². The third-order valence-electron chi connectivity index (χ3n) is 5.16. The number of rotatable bonds is 5. The van der Waals surface area contributed by atoms with Crippen LogP contribution in [0.4, 0.5) is 5.95 Å². The second-order valence-corrected chi connectivity index (χ2v) is 13.3. The number of ether oxygens (including phenoxy) is 2. The smallest absolute Gasteiger partial charge is 0.325 e. The van der Waals surface area contributed by atoms with Crippen LogP contribution in [0.2, 0.25) is 0 Å². The molecule has 2 saturated heterocycles. The van der Waals surface area contributed by atoms with Crippen LogP contribution >= 0.6 is 6.72 Å². The molecular formula is C19H30N5O6PS. The van der Waals surface area contributed by atoms with Gasteiger partial charge in [-0.05, 0) is 44.4 Å². The Labute approximate surface area is 190 Å². The maximum absolute atomic E-state index is 12.2. The number of nitrogen functional groups attached to an aromatic ring is 1. The molecule has 2 aromatic heterocycles. The Morgan fingerprint density at radius 2 is 2.09 bits per heavy atom. The molecule has 4 N–H and O–H groups in total. The zero-order valence-corrected chi connectivity index (χ0v) is 20.7. The van der Waals surface area contributed by atoms with E-state index < -0.39 is 41.9 Å². The number of imidazole rings is 1. The van der Waals surface area contributed by atoms with Gasteiger partial charge in [0.2, 0.25) is 5.95 Å². The second kappa shape index (κ2) is 7.56. The minimum atomic E-state index is -3.62. The molecule has 32 heavy (non-hydrogen) atoms. The van der Waals surface area contributed by atoms with Crippen molar-refractivity contribution in [3.8, 4) is 0 Å². The summed E-state index contributed by atoms with van der Waals surface area (Å²) in [6.45, 7) is 8.28. The maximum atomic E-state index is 12.2. The molecule has 4 heterocycles. The van der Waals surface area contributed by atoms with Gasteiger partial charge >= 0.3 is 6.72 Å². The number of H-pyrrole nitrogens is 1. The topological polar surface area (TPSA) is 147 Å². The van der Waals surface area contributed by atoms with E-state index in [1.165, 1.54) is 6.33 Å². The van der Waals surface area contributed by atoms with Gasteiger partial charge in [-0.2, -0.15) is 4.98 Å². The third kappa shape index (κ3) is 4.50. The van der Waals surface area contributed by atoms with Crippen molar-refractivity contribution < 1.29 is 23.4 Å². The minimum absolute atomic E-state index is 0.0324. The standard InChI is InChI=1S/C19H30N5O6PS/c1-17(2,3)7-19-8-27-11(12(19)29-31(26,32)30-18(4,5)6)15(28-19)24-9-21-10-13(24)22-16(20)23-14(10)25/h9,11-12,15H,7-8H2,1-6H3,(H,26,32)(H3,20,22,23,25)/t11-,12?,15+,19-,31?/m0/s1. The first-order valence-corrected chi connectivity index (χ1v) is 12.9. The Morgan fingerprint density at radius 1 is 1.41 bits per heavy atom. The highest BCUT2D eigenvalue weighted by Crippen LogP contribution is 2.58. The van der Waals surface area contributed by atoms with Crippen LogP contribution < -0.4 is 11.3 Å². The van der Waals surface area contributed by atoms with Crippen molar-refractivity contribution >= 4 is 35.6 Å². The van der Waals surface area contributed by atoms with Crippen molar-refractivity contribution in [1.29, 1.82) is 0 Å². The Morgan fingerprint density at radius 3 is 2.72 bits per heavy atom. The highest BCUT2D eigenvalue weighted by atomic mass is 32.5. The molecular weight excluding hydrogens is 457 g/mol. The van der Waals surface area contributed by atoms with E-state index in [0.29, 0.717) is 6.42 Å². The average molecular weight is 488 g/mol. The number of hydrogen-bond donors (Lipinski definition) is 3. The monoisotopic (exact) mass is 487 g/mol. The number of nitrogens with two attached hydrogens (primary N) is 1. The summed E-state index contributed by atoms with van der Waals surface area (Å²) in [5.74, 6) is -0.0324. The lowest BCUT2D eigenvalue weighted by molar-refractivity contribution is -0.182. The van der Waals surface area contributed by atoms with Gasteiger partial charge in [-0.1, -0.05) is 20.8 Å². The minimum Gasteiger partial charge on any atom is -0.369 e. The lowest BCUT2D eigenvalue weighted by atomic mass is 9.80. The van der Waals surface area contributed by atoms with E-state index in [1.807, 2.05) is 0 Å². The van der Waals surface area contributed by atoms with Crippen LogP contribution in [0.1, 0.15) is 54.2 Å². The molecule has 0 aliphatic carbocycles. The predicted molar refractivity (Wildman–Crippen MR) is 121 cm³/mol. The Kier molecular flexibility index (Phi) is 5.61. The third-order valence-corrected chi connectivity index (χ3v) is 6.92. The van der Waals surface area contributed by atoms with Crippen LogP contribution in [0.15, 0.2) is 11.1 Å². The van der Waals surface area contributed by atoms with E-state index in [0.717, 1.165) is 0 Å². The van der Waals surface area contributed by atoms with Gasteiger partial charge in [-0.25, -0.2) is 4.98 Å². The lowest BCUT2D eigenvalue weighted by Gasteiger charge is -2.37. The van der Waals surface area contributed by atoms with Gasteiger partial charge in [0, 0.05) is 0 Å². The van der Waals surface area contributed by atoms with Crippen molar-refractivity contribution in [2.75, 3.05) is 12.3 Å². The Balaban J connectivity index is 1.74. The van der Waals surface area contributed by atoms with Gasteiger partial charge in [0.25, 0.3) is 5.56 Å². The summed E-state index contributed by atoms with van der Waals surface area (Å²) in [6.07, 6.45) is 0.00536. The predicted octanol–water partition coefficient (Wildman–Crippen LogP) is 2.22. The van der Waals surface area contributed by atoms with Gasteiger partial charge in [0.1, 0.15) is 17.8 Å². The number of nitrogens with zero attached hydrogens (tertiary/aromatic N) is 3. The van der Waals surface area contributed by atoms with Gasteiger partial charge in [-0.3, -0.25) is 18.9 Å². The molecule has 2 unspecified atom stereocenters. The van der Waals surface area contributed by atoms with Gasteiger partial charge < -0.3 is 24.6 Å². The molecule has 0 spiro atoms. The SMILES string of the molecule is CC(C)(C)C[C@]12CO[C@@H](C1OP(O)(=S)OC(C)(C)C)[C@H](n1cnc3c(=O)[nH]c(N)nc31)O2. The first-order valence-electron chi connectivity index (χ1n) is 10.3. The number of fused-ring (bicyclic) bond motifs is 3. The molecule has 13 heteroatoms. The number of nitrogens with one attached hydrogen (secondary N) is 1. The van der Waals surface area contributed by atoms with Crippen molar-refractivity contribution in [2.24, 2.45) is 5.41 Å². The Bertz CT molecular complexity index is 1140. The molecule has 2 fully saturated rings. The van der Waals surface area contributed by atoms with E-state index in [4.69, 9.17) is 36.1 Å². The zero-order valence-electron chi connectivity index (χ0n) is 19.0. The van der Waals surface area contributed by atoms with E-state index in [1.54, 1.807) is 25.3 Å². The molecule has 0 saturated carbocycles. The second-order valence-electron chi connectivity index (χ2n) is 10.6. The van der Waals surface area contributed by atoms with Crippen LogP contribution in [0.25, 0.3) is 11.2 Å². The highest BCUT2D eigenvalue weighted by molar-refractivity contribution is 8.07. The van der Waals surface area contributed by atoms with Crippen molar-refractivity contribution in [2.45, 2.75) is 77.6 Å². The average Bonchev–Trinajstić information content (AvgIpc) is 3.20. The first kappa shape index (κ1) is 23.7. The molecule has 0 radical (unpaired) electrons. The number of anilines is 1. The largest absolute Gasteiger partial charge is 0.369 e. The molecule has 2 aliphatic rings. The summed E-state index contributed by atoms with van der Waals surface area (Å²) in [7, 11) is 0. The summed E-state index contributed by atoms with van der Waals surface area (Å²) >= 11 is 5.32. The quantitative estimate of drug-likeness (QED) is 0.536. The number of aromatic amines is 1. The van der Waals surface area contributed by atoms with Crippen molar-refractivity contribution in [3.05, 3.63) is 16.7 Å². The van der Waals surface area contributed by atoms with Gasteiger partial charge in [0.05, 0.1) is 18.5 Å². The highest BCUT2D eigenvalue weighted by Gasteiger charge is 2.65. The summed E-state index contributed by atoms with van der Waals surface area (Å²) in [6, 6.07) is 0. The fourth-order valence-corrected chi connectivity index (χ4v) is 6.73.